The lowest BCUT2D eigenvalue weighted by Gasteiger charge is -2.26. The fourth-order valence-corrected chi connectivity index (χ4v) is 3.34. The summed E-state index contributed by atoms with van der Waals surface area (Å²) in [6.45, 7) is 2.15. The molecule has 4 rings (SSSR count). The Morgan fingerprint density at radius 1 is 0.833 bits per heavy atom. The van der Waals surface area contributed by atoms with Crippen molar-refractivity contribution in [3.05, 3.63) is 101 Å². The van der Waals surface area contributed by atoms with Crippen LogP contribution in [-0.2, 0) is 0 Å². The molecule has 1 aliphatic heterocycles. The molecule has 120 valence electrons. The molecule has 0 aromatic heterocycles. The minimum Gasteiger partial charge on any atom is -0.253 e. The summed E-state index contributed by atoms with van der Waals surface area (Å²) >= 11 is 0. The molecule has 1 atom stereocenters. The number of nitrogens with zero attached hydrogens (tertiary/aromatic N) is 1. The largest absolute Gasteiger partial charge is 0.253 e. The zero-order valence-corrected chi connectivity index (χ0v) is 15.4. The van der Waals surface area contributed by atoms with Gasteiger partial charge in [0.25, 0.3) is 0 Å². The normalized spacial score (nSPS) is 15.9. The summed E-state index contributed by atoms with van der Waals surface area (Å²) < 4.78 is 0. The molecular formula is C22H20BrN. The van der Waals surface area contributed by atoms with E-state index in [1.165, 1.54) is 28.0 Å². The molecule has 0 radical (unpaired) electrons. The van der Waals surface area contributed by atoms with Crippen molar-refractivity contribution in [1.82, 2.24) is 0 Å². The molecule has 0 saturated carbocycles. The highest BCUT2D eigenvalue weighted by Gasteiger charge is 2.24. The molecule has 1 aliphatic rings. The van der Waals surface area contributed by atoms with Crippen LogP contribution in [0.4, 0.5) is 5.69 Å². The topological polar surface area (TPSA) is 12.4 Å². The first kappa shape index (κ1) is 16.7. The van der Waals surface area contributed by atoms with Gasteiger partial charge in [-0.3, -0.25) is 4.99 Å². The Labute approximate surface area is 153 Å². The summed E-state index contributed by atoms with van der Waals surface area (Å²) in [5.74, 6) is 0.374. The summed E-state index contributed by atoms with van der Waals surface area (Å²) in [7, 11) is 0. The highest BCUT2D eigenvalue weighted by molar-refractivity contribution is 8.93. The lowest BCUT2D eigenvalue weighted by Crippen LogP contribution is -2.14. The molecule has 0 bridgehead atoms. The molecule has 0 N–H and O–H groups in total. The fourth-order valence-electron chi connectivity index (χ4n) is 3.34. The molecule has 2 heteroatoms. The van der Waals surface area contributed by atoms with Crippen LogP contribution in [0.1, 0.15) is 34.6 Å². The van der Waals surface area contributed by atoms with Gasteiger partial charge in [-0.1, -0.05) is 78.4 Å². The first-order valence-corrected chi connectivity index (χ1v) is 8.10. The predicted octanol–water partition coefficient (Wildman–Crippen LogP) is 6.23. The first-order valence-electron chi connectivity index (χ1n) is 8.10. The van der Waals surface area contributed by atoms with Crippen molar-refractivity contribution < 1.29 is 0 Å². The third kappa shape index (κ3) is 3.20. The van der Waals surface area contributed by atoms with Crippen molar-refractivity contribution in [1.29, 1.82) is 0 Å². The van der Waals surface area contributed by atoms with E-state index in [1.54, 1.807) is 0 Å². The van der Waals surface area contributed by atoms with Gasteiger partial charge in [0.2, 0.25) is 0 Å². The van der Waals surface area contributed by atoms with Gasteiger partial charge in [-0.05, 0) is 29.7 Å². The number of fused-ring (bicyclic) bond motifs is 1. The molecule has 1 unspecified atom stereocenters. The van der Waals surface area contributed by atoms with Crippen molar-refractivity contribution >= 4 is 28.4 Å². The van der Waals surface area contributed by atoms with E-state index >= 15 is 0 Å². The van der Waals surface area contributed by atoms with E-state index in [9.17, 15) is 0 Å². The SMILES string of the molecule is Br.Cc1ccc2c(c1)C(c1ccccc1)CC(c1ccccc1)=N2. The van der Waals surface area contributed by atoms with Crippen LogP contribution >= 0.6 is 17.0 Å². The Morgan fingerprint density at radius 2 is 1.50 bits per heavy atom. The summed E-state index contributed by atoms with van der Waals surface area (Å²) in [5, 5.41) is 0. The van der Waals surface area contributed by atoms with E-state index in [0.717, 1.165) is 12.1 Å². The second-order valence-corrected chi connectivity index (χ2v) is 6.15. The molecule has 0 saturated heterocycles. The molecule has 3 aromatic rings. The molecule has 3 aromatic carbocycles. The lowest BCUT2D eigenvalue weighted by molar-refractivity contribution is 0.838. The maximum atomic E-state index is 4.95. The number of benzene rings is 3. The molecule has 24 heavy (non-hydrogen) atoms. The number of hydrogen-bond acceptors (Lipinski definition) is 1. The number of rotatable bonds is 2. The number of hydrogen-bond donors (Lipinski definition) is 0. The second-order valence-electron chi connectivity index (χ2n) is 6.15. The monoisotopic (exact) mass is 377 g/mol. The summed E-state index contributed by atoms with van der Waals surface area (Å²) in [4.78, 5) is 4.95. The molecular weight excluding hydrogens is 358 g/mol. The van der Waals surface area contributed by atoms with Crippen LogP contribution in [0.15, 0.2) is 83.9 Å². The van der Waals surface area contributed by atoms with Gasteiger partial charge in [0, 0.05) is 18.1 Å². The van der Waals surface area contributed by atoms with Gasteiger partial charge >= 0.3 is 0 Å². The molecule has 1 nitrogen and oxygen atoms in total. The maximum absolute atomic E-state index is 4.95. The molecule has 0 fully saturated rings. The Hall–Kier alpha value is -2.19. The molecule has 0 aliphatic carbocycles. The smallest absolute Gasteiger partial charge is 0.0671 e. The Kier molecular flexibility index (Phi) is 4.96. The Morgan fingerprint density at radius 3 is 2.21 bits per heavy atom. The highest BCUT2D eigenvalue weighted by Crippen LogP contribution is 2.40. The maximum Gasteiger partial charge on any atom is 0.0671 e. The highest BCUT2D eigenvalue weighted by atomic mass is 79.9. The molecule has 0 spiro atoms. The van der Waals surface area contributed by atoms with E-state index in [-0.39, 0.29) is 17.0 Å². The van der Waals surface area contributed by atoms with Crippen LogP contribution in [0.3, 0.4) is 0 Å². The zero-order chi connectivity index (χ0) is 15.6. The lowest BCUT2D eigenvalue weighted by atomic mass is 9.82. The predicted molar refractivity (Wildman–Crippen MR) is 107 cm³/mol. The van der Waals surface area contributed by atoms with Gasteiger partial charge in [-0.15, -0.1) is 17.0 Å². The van der Waals surface area contributed by atoms with Crippen molar-refractivity contribution in [3.63, 3.8) is 0 Å². The van der Waals surface area contributed by atoms with Gasteiger partial charge in [-0.25, -0.2) is 0 Å². The molecule has 1 heterocycles. The summed E-state index contributed by atoms with van der Waals surface area (Å²) in [6.07, 6.45) is 0.949. The minimum atomic E-state index is 0. The number of aliphatic imine (C=N–C) groups is 1. The van der Waals surface area contributed by atoms with Gasteiger partial charge in [0.05, 0.1) is 5.69 Å². The van der Waals surface area contributed by atoms with Crippen molar-refractivity contribution in [2.24, 2.45) is 4.99 Å². The van der Waals surface area contributed by atoms with Gasteiger partial charge < -0.3 is 0 Å². The third-order valence-electron chi connectivity index (χ3n) is 4.52. The quantitative estimate of drug-likeness (QED) is 0.501. The Bertz CT molecular complexity index is 854. The van der Waals surface area contributed by atoms with E-state index < -0.39 is 0 Å². The fraction of sp³-hybridized carbons (Fsp3) is 0.136. The Balaban J connectivity index is 0.00000169. The average molecular weight is 378 g/mol. The van der Waals surface area contributed by atoms with E-state index in [4.69, 9.17) is 4.99 Å². The van der Waals surface area contributed by atoms with Crippen LogP contribution < -0.4 is 0 Å². The van der Waals surface area contributed by atoms with Crippen LogP contribution in [-0.4, -0.2) is 5.71 Å². The van der Waals surface area contributed by atoms with Gasteiger partial charge in [0.1, 0.15) is 0 Å². The molecule has 0 amide bonds. The van der Waals surface area contributed by atoms with E-state index in [1.807, 2.05) is 0 Å². The van der Waals surface area contributed by atoms with Crippen LogP contribution in [0, 0.1) is 6.92 Å². The average Bonchev–Trinajstić information content (AvgIpc) is 2.62. The third-order valence-corrected chi connectivity index (χ3v) is 4.52. The number of aryl methyl sites for hydroxylation is 1. The standard InChI is InChI=1S/C22H19N.BrH/c1-16-12-13-21-20(14-16)19(17-8-4-2-5-9-17)15-22(23-21)18-10-6-3-7-11-18;/h2-14,19H,15H2,1H3;1H. The first-order chi connectivity index (χ1) is 11.3. The number of halogens is 1. The summed E-state index contributed by atoms with van der Waals surface area (Å²) in [6, 6.07) is 27.9. The minimum absolute atomic E-state index is 0. The van der Waals surface area contributed by atoms with E-state index in [0.29, 0.717) is 5.92 Å². The van der Waals surface area contributed by atoms with E-state index in [2.05, 4.69) is 85.8 Å². The van der Waals surface area contributed by atoms with Crippen LogP contribution in [0.5, 0.6) is 0 Å². The zero-order valence-electron chi connectivity index (χ0n) is 13.6. The van der Waals surface area contributed by atoms with Crippen molar-refractivity contribution in [3.8, 4) is 0 Å². The second kappa shape index (κ2) is 7.14. The van der Waals surface area contributed by atoms with Gasteiger partial charge in [0.15, 0.2) is 0 Å². The van der Waals surface area contributed by atoms with Crippen molar-refractivity contribution in [2.45, 2.75) is 19.3 Å². The van der Waals surface area contributed by atoms with Crippen LogP contribution in [0.25, 0.3) is 0 Å². The van der Waals surface area contributed by atoms with Gasteiger partial charge in [-0.2, -0.15) is 0 Å². The summed E-state index contributed by atoms with van der Waals surface area (Å²) in [5.41, 5.74) is 7.51. The van der Waals surface area contributed by atoms with Crippen molar-refractivity contribution in [2.75, 3.05) is 0 Å². The van der Waals surface area contributed by atoms with Crippen LogP contribution in [0.2, 0.25) is 0 Å².